The summed E-state index contributed by atoms with van der Waals surface area (Å²) in [5.74, 6) is -0.659. The smallest absolute Gasteiger partial charge is 0.252 e. The Morgan fingerprint density at radius 2 is 1.44 bits per heavy atom. The summed E-state index contributed by atoms with van der Waals surface area (Å²) in [6.45, 7) is -0.216. The van der Waals surface area contributed by atoms with Crippen LogP contribution in [0, 0.1) is 5.92 Å². The highest BCUT2D eigenvalue weighted by Crippen LogP contribution is 2.35. The quantitative estimate of drug-likeness (QED) is 0.0691. The zero-order chi connectivity index (χ0) is 39.4. The first kappa shape index (κ1) is 43.8. The molecule has 54 heavy (non-hydrogen) atoms. The van der Waals surface area contributed by atoms with Crippen LogP contribution in [0.1, 0.15) is 32.1 Å². The van der Waals surface area contributed by atoms with Gasteiger partial charge in [0.15, 0.2) is 25.0 Å². The van der Waals surface area contributed by atoms with Gasteiger partial charge in [0.25, 0.3) is 5.91 Å². The molecular weight excluding hydrogens is 723 g/mol. The third kappa shape index (κ3) is 10.0. The van der Waals surface area contributed by atoms with Crippen LogP contribution in [0.3, 0.4) is 0 Å². The second kappa shape index (κ2) is 19.4. The van der Waals surface area contributed by atoms with E-state index >= 15 is 0 Å². The maximum absolute atomic E-state index is 14.1. The van der Waals surface area contributed by atoms with Gasteiger partial charge in [0.1, 0.15) is 61.1 Å². The molecule has 5 fully saturated rings. The maximum Gasteiger partial charge on any atom is 0.252 e. The number of ether oxygens (including phenoxy) is 6. The molecule has 0 spiro atoms. The fourth-order valence-electron chi connectivity index (χ4n) is 7.70. The largest absolute Gasteiger partial charge is 0.394 e. The minimum Gasteiger partial charge on any atom is -0.394 e. The first-order valence-corrected chi connectivity index (χ1v) is 18.7. The van der Waals surface area contributed by atoms with Gasteiger partial charge in [0.05, 0.1) is 30.8 Å². The Bertz CT molecular complexity index is 1190. The van der Waals surface area contributed by atoms with Crippen LogP contribution in [-0.2, 0) is 33.2 Å². The highest BCUT2D eigenvalue weighted by Gasteiger charge is 2.54. The molecule has 1 amide bonds. The Morgan fingerprint density at radius 1 is 0.778 bits per heavy atom. The lowest BCUT2D eigenvalue weighted by atomic mass is 9.81. The average Bonchev–Trinajstić information content (AvgIpc) is 3.44. The molecule has 2 saturated carbocycles. The van der Waals surface area contributed by atoms with E-state index in [9.17, 15) is 39.8 Å². The van der Waals surface area contributed by atoms with Gasteiger partial charge in [-0.3, -0.25) is 4.79 Å². The fraction of sp³-hybridized carbons (Fsp3) is 0.969. The minimum absolute atomic E-state index is 0.132. The Labute approximate surface area is 312 Å². The van der Waals surface area contributed by atoms with Gasteiger partial charge in [-0.25, -0.2) is 4.39 Å². The van der Waals surface area contributed by atoms with Gasteiger partial charge in [-0.15, -0.1) is 0 Å². The number of rotatable bonds is 16. The summed E-state index contributed by atoms with van der Waals surface area (Å²) >= 11 is 0. The molecule has 0 radical (unpaired) electrons. The molecule has 22 heteroatoms. The van der Waals surface area contributed by atoms with Gasteiger partial charge in [0.2, 0.25) is 0 Å². The third-order valence-corrected chi connectivity index (χ3v) is 11.1. The number of nitrogens with two attached hydrogens (primary N) is 6. The van der Waals surface area contributed by atoms with E-state index in [1.165, 1.54) is 0 Å². The Balaban J connectivity index is 1.31. The summed E-state index contributed by atoms with van der Waals surface area (Å²) in [5, 5.41) is 69.9. The number of aliphatic hydroxyl groups excluding tert-OH is 6. The van der Waals surface area contributed by atoms with Crippen molar-refractivity contribution >= 4 is 5.91 Å². The van der Waals surface area contributed by atoms with E-state index in [1.54, 1.807) is 0 Å². The number of aliphatic hydroxyl groups is 6. The SMILES string of the molecule is NC[C@@H]1O[C@H](O[C@H]2[C@@H](O)[C@H](O[C@@H]3[C@@H](O)[C@H](NC(=O)C(O)[C@@H](F)CN)C[C@H](N)[C@H]3O[C@H]3O[C@H](CNCC4CC(N)C4)CC[C@H]3N)O[C@@H]2CO)[C@H](N)[C@@H](O)[C@@H]1O. The van der Waals surface area contributed by atoms with Crippen LogP contribution in [0.15, 0.2) is 0 Å². The van der Waals surface area contributed by atoms with Crippen LogP contribution in [0.5, 0.6) is 0 Å². The molecule has 3 saturated heterocycles. The monoisotopic (exact) mass is 784 g/mol. The van der Waals surface area contributed by atoms with Gasteiger partial charge in [-0.05, 0) is 44.6 Å². The molecule has 5 aliphatic rings. The van der Waals surface area contributed by atoms with Crippen LogP contribution in [0.4, 0.5) is 4.39 Å². The van der Waals surface area contributed by atoms with Crippen LogP contribution in [-0.4, -0.2) is 192 Å². The summed E-state index contributed by atoms with van der Waals surface area (Å²) in [6, 6.07) is -3.87. The molecule has 314 valence electrons. The van der Waals surface area contributed by atoms with Gasteiger partial charge >= 0.3 is 0 Å². The maximum atomic E-state index is 14.1. The van der Waals surface area contributed by atoms with Gasteiger partial charge < -0.3 is 104 Å². The van der Waals surface area contributed by atoms with E-state index in [1.807, 2.05) is 0 Å². The van der Waals surface area contributed by atoms with Crippen molar-refractivity contribution in [2.75, 3.05) is 32.8 Å². The molecule has 20 N–H and O–H groups in total. The number of alkyl halides is 1. The third-order valence-electron chi connectivity index (χ3n) is 11.1. The highest BCUT2D eigenvalue weighted by molar-refractivity contribution is 5.81. The second-order valence-corrected chi connectivity index (χ2v) is 15.2. The second-order valence-electron chi connectivity index (χ2n) is 15.2. The van der Waals surface area contributed by atoms with E-state index in [4.69, 9.17) is 62.8 Å². The van der Waals surface area contributed by atoms with E-state index in [2.05, 4.69) is 10.6 Å². The fourth-order valence-corrected chi connectivity index (χ4v) is 7.70. The first-order chi connectivity index (χ1) is 25.7. The normalized spacial score (nSPS) is 46.8. The number of hydrogen-bond donors (Lipinski definition) is 14. The van der Waals surface area contributed by atoms with Crippen molar-refractivity contribution < 1.29 is 68.2 Å². The molecule has 1 unspecified atom stereocenters. The van der Waals surface area contributed by atoms with Crippen molar-refractivity contribution in [2.24, 2.45) is 40.3 Å². The van der Waals surface area contributed by atoms with E-state index in [0.29, 0.717) is 25.3 Å². The molecule has 0 bridgehead atoms. The van der Waals surface area contributed by atoms with Crippen LogP contribution in [0.2, 0.25) is 0 Å². The Kier molecular flexibility index (Phi) is 15.7. The zero-order valence-electron chi connectivity index (χ0n) is 30.1. The molecule has 5 rings (SSSR count). The van der Waals surface area contributed by atoms with Crippen molar-refractivity contribution in [3.63, 3.8) is 0 Å². The lowest BCUT2D eigenvalue weighted by Gasteiger charge is -2.47. The summed E-state index contributed by atoms with van der Waals surface area (Å²) in [5.41, 5.74) is 35.9. The molecule has 3 aliphatic heterocycles. The predicted octanol–water partition coefficient (Wildman–Crippen LogP) is -7.65. The zero-order valence-corrected chi connectivity index (χ0v) is 30.1. The summed E-state index contributed by atoms with van der Waals surface area (Å²) in [4.78, 5) is 12.7. The molecule has 3 heterocycles. The molecule has 0 aromatic heterocycles. The lowest BCUT2D eigenvalue weighted by Crippen LogP contribution is -2.67. The average molecular weight is 785 g/mol. The van der Waals surface area contributed by atoms with Crippen molar-refractivity contribution in [3.8, 4) is 0 Å². The van der Waals surface area contributed by atoms with Gasteiger partial charge in [-0.2, -0.15) is 0 Å². The number of amides is 1. The van der Waals surface area contributed by atoms with E-state index < -0.39 is 129 Å². The Hall–Kier alpha value is -1.36. The van der Waals surface area contributed by atoms with Crippen molar-refractivity contribution in [1.82, 2.24) is 10.6 Å². The van der Waals surface area contributed by atoms with E-state index in [0.717, 1.165) is 19.4 Å². The van der Waals surface area contributed by atoms with Gasteiger partial charge in [-0.1, -0.05) is 0 Å². The van der Waals surface area contributed by atoms with Crippen LogP contribution < -0.4 is 45.0 Å². The lowest BCUT2D eigenvalue weighted by molar-refractivity contribution is -0.290. The summed E-state index contributed by atoms with van der Waals surface area (Å²) in [6.07, 6.45) is -18.2. The van der Waals surface area contributed by atoms with Crippen molar-refractivity contribution in [3.05, 3.63) is 0 Å². The minimum atomic E-state index is -2.14. The van der Waals surface area contributed by atoms with E-state index in [-0.39, 0.29) is 25.1 Å². The topological polar surface area (TPSA) is 374 Å². The van der Waals surface area contributed by atoms with Crippen LogP contribution >= 0.6 is 0 Å². The van der Waals surface area contributed by atoms with Gasteiger partial charge in [0, 0.05) is 31.7 Å². The Morgan fingerprint density at radius 3 is 2.09 bits per heavy atom. The summed E-state index contributed by atoms with van der Waals surface area (Å²) in [7, 11) is 0. The number of hydrogen-bond acceptors (Lipinski definition) is 20. The predicted molar refractivity (Wildman–Crippen MR) is 184 cm³/mol. The molecule has 0 aromatic rings. The molecule has 21 nitrogen and oxygen atoms in total. The number of carbonyl (C=O) groups is 1. The van der Waals surface area contributed by atoms with Crippen molar-refractivity contribution in [1.29, 1.82) is 0 Å². The molecular formula is C32H61FN8O13. The van der Waals surface area contributed by atoms with Crippen LogP contribution in [0.25, 0.3) is 0 Å². The first-order valence-electron chi connectivity index (χ1n) is 18.7. The molecule has 2 aliphatic carbocycles. The highest BCUT2D eigenvalue weighted by atomic mass is 19.1. The number of nitrogens with one attached hydrogen (secondary N) is 2. The number of carbonyl (C=O) groups excluding carboxylic acids is 1. The molecule has 19 atom stereocenters. The number of halogens is 1. The summed E-state index contributed by atoms with van der Waals surface area (Å²) < 4.78 is 50.2. The molecule has 0 aromatic carbocycles. The standard InChI is InChI=1S/C32H61FN8O13/c33-14(6-34)21(43)29(48)41-17-5-16(38)26(52-30-15(37)2-1-13(49-30)9-40-8-11-3-12(36)4-11)28(22(17)44)54-32-25(47)27(19(10-42)51-32)53-31-20(39)24(46)23(45)18(7-35)50-31/h11-28,30-32,40,42-47H,1-10,34-39H2,(H,41,48)/t11?,12?,13-,14-,15+,16-,17+,18-,19+,20+,21?,22-,23+,24+,25+,26+,27+,28+,30+,31+,32-/m0/s1. The van der Waals surface area contributed by atoms with Crippen molar-refractivity contribution in [2.45, 2.75) is 154 Å².